The third kappa shape index (κ3) is 2.86. The molecule has 0 saturated carbocycles. The van der Waals surface area contributed by atoms with Gasteiger partial charge in [0.05, 0.1) is 5.02 Å². The molecule has 0 heterocycles. The summed E-state index contributed by atoms with van der Waals surface area (Å²) in [7, 11) is 0. The SMILES string of the molecule is C/C(=C\c1ccc(Br)c(Cl)c1)C(=O)O. The Labute approximate surface area is 95.3 Å². The van der Waals surface area contributed by atoms with Crippen LogP contribution in [0.5, 0.6) is 0 Å². The summed E-state index contributed by atoms with van der Waals surface area (Å²) in [6, 6.07) is 5.28. The molecule has 1 N–H and O–H groups in total. The maximum Gasteiger partial charge on any atom is 0.331 e. The molecule has 0 atom stereocenters. The molecule has 0 aromatic heterocycles. The number of halogens is 2. The van der Waals surface area contributed by atoms with Crippen molar-refractivity contribution in [3.05, 3.63) is 38.8 Å². The molecule has 0 amide bonds. The van der Waals surface area contributed by atoms with Crippen molar-refractivity contribution in [2.45, 2.75) is 6.92 Å². The zero-order chi connectivity index (χ0) is 10.7. The molecule has 1 aromatic carbocycles. The van der Waals surface area contributed by atoms with Gasteiger partial charge in [-0.2, -0.15) is 0 Å². The lowest BCUT2D eigenvalue weighted by atomic mass is 10.1. The molecule has 0 aliphatic carbocycles. The summed E-state index contributed by atoms with van der Waals surface area (Å²) >= 11 is 9.11. The van der Waals surface area contributed by atoms with Gasteiger partial charge in [-0.3, -0.25) is 0 Å². The van der Waals surface area contributed by atoms with Crippen molar-refractivity contribution in [2.75, 3.05) is 0 Å². The third-order valence-corrected chi connectivity index (χ3v) is 2.90. The fourth-order valence-corrected chi connectivity index (χ4v) is 1.35. The first kappa shape index (κ1) is 11.3. The monoisotopic (exact) mass is 274 g/mol. The third-order valence-electron chi connectivity index (χ3n) is 1.66. The van der Waals surface area contributed by atoms with Crippen LogP contribution in [-0.4, -0.2) is 11.1 Å². The molecule has 74 valence electrons. The lowest BCUT2D eigenvalue weighted by molar-refractivity contribution is -0.132. The van der Waals surface area contributed by atoms with E-state index in [1.165, 1.54) is 6.92 Å². The zero-order valence-corrected chi connectivity index (χ0v) is 9.76. The van der Waals surface area contributed by atoms with Crippen LogP contribution in [0.15, 0.2) is 28.2 Å². The molecule has 2 nitrogen and oxygen atoms in total. The Kier molecular flexibility index (Phi) is 3.72. The molecule has 0 unspecified atom stereocenters. The van der Waals surface area contributed by atoms with Gasteiger partial charge in [0, 0.05) is 10.0 Å². The van der Waals surface area contributed by atoms with Gasteiger partial charge >= 0.3 is 5.97 Å². The summed E-state index contributed by atoms with van der Waals surface area (Å²) in [4.78, 5) is 10.5. The molecule has 4 heteroatoms. The van der Waals surface area contributed by atoms with E-state index in [2.05, 4.69) is 15.9 Å². The number of hydrogen-bond donors (Lipinski definition) is 1. The van der Waals surface area contributed by atoms with Crippen molar-refractivity contribution in [3.63, 3.8) is 0 Å². The summed E-state index contributed by atoms with van der Waals surface area (Å²) in [5.74, 6) is -0.927. The second-order valence-corrected chi connectivity index (χ2v) is 4.07. The van der Waals surface area contributed by atoms with Crippen LogP contribution in [0.2, 0.25) is 5.02 Å². The Bertz CT molecular complexity index is 399. The van der Waals surface area contributed by atoms with E-state index in [0.29, 0.717) is 5.02 Å². The topological polar surface area (TPSA) is 37.3 Å². The highest BCUT2D eigenvalue weighted by Gasteiger charge is 2.01. The largest absolute Gasteiger partial charge is 0.478 e. The van der Waals surface area contributed by atoms with E-state index in [1.54, 1.807) is 24.3 Å². The predicted molar refractivity (Wildman–Crippen MR) is 60.4 cm³/mol. The predicted octanol–water partition coefficient (Wildman–Crippen LogP) is 3.59. The molecule has 0 aliphatic heterocycles. The average molecular weight is 276 g/mol. The Morgan fingerprint density at radius 3 is 2.71 bits per heavy atom. The second kappa shape index (κ2) is 4.62. The molecule has 0 bridgehead atoms. The van der Waals surface area contributed by atoms with Crippen LogP contribution in [0.3, 0.4) is 0 Å². The minimum Gasteiger partial charge on any atom is -0.478 e. The maximum atomic E-state index is 10.5. The molecular weight excluding hydrogens is 267 g/mol. The number of carboxylic acid groups (broad SMARTS) is 1. The van der Waals surface area contributed by atoms with Gasteiger partial charge in [-0.15, -0.1) is 0 Å². The number of rotatable bonds is 2. The van der Waals surface area contributed by atoms with Gasteiger partial charge in [-0.05, 0) is 46.6 Å². The Morgan fingerprint density at radius 2 is 2.21 bits per heavy atom. The highest BCUT2D eigenvalue weighted by Crippen LogP contribution is 2.24. The van der Waals surface area contributed by atoms with Crippen molar-refractivity contribution in [3.8, 4) is 0 Å². The van der Waals surface area contributed by atoms with Crippen LogP contribution in [0.25, 0.3) is 6.08 Å². The highest BCUT2D eigenvalue weighted by atomic mass is 79.9. The fraction of sp³-hybridized carbons (Fsp3) is 0.100. The van der Waals surface area contributed by atoms with E-state index >= 15 is 0 Å². The Hall–Kier alpha value is -0.800. The van der Waals surface area contributed by atoms with Gasteiger partial charge in [0.1, 0.15) is 0 Å². The zero-order valence-electron chi connectivity index (χ0n) is 7.42. The normalized spacial score (nSPS) is 11.5. The van der Waals surface area contributed by atoms with Gasteiger partial charge in [0.15, 0.2) is 0 Å². The highest BCUT2D eigenvalue weighted by molar-refractivity contribution is 9.10. The number of hydrogen-bond acceptors (Lipinski definition) is 1. The molecule has 0 aliphatic rings. The lowest BCUT2D eigenvalue weighted by Gasteiger charge is -1.98. The maximum absolute atomic E-state index is 10.5. The number of aliphatic carboxylic acids is 1. The van der Waals surface area contributed by atoms with Crippen LogP contribution < -0.4 is 0 Å². The van der Waals surface area contributed by atoms with Gasteiger partial charge in [-0.1, -0.05) is 17.7 Å². The fourth-order valence-electron chi connectivity index (χ4n) is 0.914. The van der Waals surface area contributed by atoms with Crippen LogP contribution in [0.1, 0.15) is 12.5 Å². The van der Waals surface area contributed by atoms with Crippen molar-refractivity contribution >= 4 is 39.6 Å². The number of carbonyl (C=O) groups is 1. The molecule has 0 fully saturated rings. The van der Waals surface area contributed by atoms with E-state index in [1.807, 2.05) is 0 Å². The minimum atomic E-state index is -0.927. The Balaban J connectivity index is 3.04. The first-order chi connectivity index (χ1) is 6.50. The van der Waals surface area contributed by atoms with E-state index in [9.17, 15) is 4.79 Å². The summed E-state index contributed by atoms with van der Waals surface area (Å²) in [5, 5.41) is 9.22. The summed E-state index contributed by atoms with van der Waals surface area (Å²) < 4.78 is 0.796. The molecule has 1 rings (SSSR count). The minimum absolute atomic E-state index is 0.281. The first-order valence-electron chi connectivity index (χ1n) is 3.87. The van der Waals surface area contributed by atoms with Crippen LogP contribution in [0, 0.1) is 0 Å². The Morgan fingerprint density at radius 1 is 1.57 bits per heavy atom. The van der Waals surface area contributed by atoms with E-state index < -0.39 is 5.97 Å². The molecule has 0 saturated heterocycles. The van der Waals surface area contributed by atoms with Gasteiger partial charge in [0.2, 0.25) is 0 Å². The summed E-state index contributed by atoms with van der Waals surface area (Å²) in [6.07, 6.45) is 1.57. The van der Waals surface area contributed by atoms with E-state index in [4.69, 9.17) is 16.7 Å². The summed E-state index contributed by atoms with van der Waals surface area (Å²) in [5.41, 5.74) is 1.06. The van der Waals surface area contributed by atoms with Crippen molar-refractivity contribution < 1.29 is 9.90 Å². The van der Waals surface area contributed by atoms with Crippen LogP contribution >= 0.6 is 27.5 Å². The standard InChI is InChI=1S/C10H8BrClO2/c1-6(10(13)14)4-7-2-3-8(11)9(12)5-7/h2-5H,1H3,(H,13,14)/b6-4+. The quantitative estimate of drug-likeness (QED) is 0.838. The smallest absolute Gasteiger partial charge is 0.331 e. The average Bonchev–Trinajstić information content (AvgIpc) is 2.11. The van der Waals surface area contributed by atoms with E-state index in [0.717, 1.165) is 10.0 Å². The molecular formula is C10H8BrClO2. The van der Waals surface area contributed by atoms with Crippen molar-refractivity contribution in [1.29, 1.82) is 0 Å². The summed E-state index contributed by atoms with van der Waals surface area (Å²) in [6.45, 7) is 1.54. The molecule has 14 heavy (non-hydrogen) atoms. The lowest BCUT2D eigenvalue weighted by Crippen LogP contribution is -1.95. The molecule has 1 aromatic rings. The van der Waals surface area contributed by atoms with Gasteiger partial charge in [0.25, 0.3) is 0 Å². The van der Waals surface area contributed by atoms with E-state index in [-0.39, 0.29) is 5.57 Å². The van der Waals surface area contributed by atoms with Gasteiger partial charge < -0.3 is 5.11 Å². The van der Waals surface area contributed by atoms with Crippen molar-refractivity contribution in [1.82, 2.24) is 0 Å². The number of carboxylic acids is 1. The van der Waals surface area contributed by atoms with Crippen molar-refractivity contribution in [2.24, 2.45) is 0 Å². The molecule has 0 spiro atoms. The van der Waals surface area contributed by atoms with Crippen LogP contribution in [-0.2, 0) is 4.79 Å². The second-order valence-electron chi connectivity index (χ2n) is 2.81. The molecule has 0 radical (unpaired) electrons. The first-order valence-corrected chi connectivity index (χ1v) is 5.04. The number of benzene rings is 1. The van der Waals surface area contributed by atoms with Gasteiger partial charge in [-0.25, -0.2) is 4.79 Å². The van der Waals surface area contributed by atoms with Crippen LogP contribution in [0.4, 0.5) is 0 Å².